The molecule has 1 fully saturated rings. The average molecular weight is 663 g/mol. The first kappa shape index (κ1) is 34.9. The van der Waals surface area contributed by atoms with Gasteiger partial charge in [-0.2, -0.15) is 0 Å². The molecule has 0 aliphatic carbocycles. The molecule has 0 radical (unpaired) electrons. The molecule has 1 saturated heterocycles. The van der Waals surface area contributed by atoms with E-state index in [0.717, 1.165) is 24.3 Å². The fraction of sp³-hybridized carbons (Fsp3) is 0.419. The van der Waals surface area contributed by atoms with Crippen molar-refractivity contribution in [2.45, 2.75) is 38.8 Å². The van der Waals surface area contributed by atoms with E-state index >= 15 is 0 Å². The van der Waals surface area contributed by atoms with Crippen LogP contribution in [0.5, 0.6) is 23.0 Å². The Morgan fingerprint density at radius 3 is 1.79 bits per heavy atom. The zero-order valence-corrected chi connectivity index (χ0v) is 25.5. The summed E-state index contributed by atoms with van der Waals surface area (Å²) in [5.74, 6) is -10.8. The first-order valence-electron chi connectivity index (χ1n) is 14.8. The summed E-state index contributed by atoms with van der Waals surface area (Å²) < 4.78 is 28.5. The summed E-state index contributed by atoms with van der Waals surface area (Å²) >= 11 is 0. The standard InChI is InChI=1S/C31H36F2N4O10/c1-14-18(25(31(46)47)37-24(14)21(15(2)38)30(37)45)13-36(11-3-9-34-28(43)16-5-7-19(39)26(41)22(16)32)12-4-10-35-29(44)17-6-8-20(40)27(42)23(17)33/h5-8,14-15,21,24,38-42H,3-4,9-13H2,1-2H3,(H,34,43)(H,35,44)(H,46,47)/t14-,15?,21?,24+/m0/s1. The summed E-state index contributed by atoms with van der Waals surface area (Å²) in [6.45, 7) is 3.92. The van der Waals surface area contributed by atoms with Gasteiger partial charge in [-0.3, -0.25) is 19.3 Å². The summed E-state index contributed by atoms with van der Waals surface area (Å²) in [5, 5.41) is 63.2. The van der Waals surface area contributed by atoms with Gasteiger partial charge >= 0.3 is 5.97 Å². The van der Waals surface area contributed by atoms with Gasteiger partial charge in [-0.1, -0.05) is 6.92 Å². The third-order valence-corrected chi connectivity index (χ3v) is 8.46. The van der Waals surface area contributed by atoms with Gasteiger partial charge in [0.1, 0.15) is 5.70 Å². The smallest absolute Gasteiger partial charge is 0.352 e. The maximum absolute atomic E-state index is 14.2. The van der Waals surface area contributed by atoms with Gasteiger partial charge in [0, 0.05) is 38.6 Å². The van der Waals surface area contributed by atoms with Crippen molar-refractivity contribution in [2.24, 2.45) is 11.8 Å². The van der Waals surface area contributed by atoms with E-state index in [9.17, 15) is 58.6 Å². The highest BCUT2D eigenvalue weighted by molar-refractivity contribution is 6.00. The monoisotopic (exact) mass is 662 g/mol. The van der Waals surface area contributed by atoms with Crippen molar-refractivity contribution in [1.82, 2.24) is 20.4 Å². The largest absolute Gasteiger partial charge is 0.504 e. The predicted molar refractivity (Wildman–Crippen MR) is 159 cm³/mol. The van der Waals surface area contributed by atoms with Crippen LogP contribution < -0.4 is 10.6 Å². The molecule has 2 aromatic rings. The van der Waals surface area contributed by atoms with Crippen molar-refractivity contribution in [3.05, 3.63) is 58.3 Å². The number of carbonyl (C=O) groups excluding carboxylic acids is 3. The third-order valence-electron chi connectivity index (χ3n) is 8.46. The maximum atomic E-state index is 14.2. The molecule has 2 aliphatic heterocycles. The quantitative estimate of drug-likeness (QED) is 0.0817. The SMILES string of the molecule is CC(O)C1C(=O)N2C(C(=O)O)=C(CN(CCCNC(=O)c3ccc(O)c(O)c3F)CCCNC(=O)c3ccc(O)c(O)c3F)[C@H](C)[C@H]12. The van der Waals surface area contributed by atoms with Gasteiger partial charge < -0.3 is 46.2 Å². The number of nitrogens with one attached hydrogen (secondary N) is 2. The average Bonchev–Trinajstić information content (AvgIpc) is 3.25. The lowest BCUT2D eigenvalue weighted by Gasteiger charge is -2.46. The van der Waals surface area contributed by atoms with Crippen LogP contribution >= 0.6 is 0 Å². The Balaban J connectivity index is 1.44. The first-order valence-corrected chi connectivity index (χ1v) is 14.8. The summed E-state index contributed by atoms with van der Waals surface area (Å²) in [7, 11) is 0. The van der Waals surface area contributed by atoms with Gasteiger partial charge in [-0.05, 0) is 49.6 Å². The van der Waals surface area contributed by atoms with Gasteiger partial charge in [-0.15, -0.1) is 0 Å². The van der Waals surface area contributed by atoms with Crippen LogP contribution in [0.25, 0.3) is 0 Å². The van der Waals surface area contributed by atoms with Crippen LogP contribution in [0, 0.1) is 23.5 Å². The van der Waals surface area contributed by atoms with Crippen LogP contribution in [0.15, 0.2) is 35.5 Å². The molecule has 2 heterocycles. The summed E-state index contributed by atoms with van der Waals surface area (Å²) in [6, 6.07) is 3.44. The normalized spacial score (nSPS) is 19.4. The van der Waals surface area contributed by atoms with Gasteiger partial charge in [0.15, 0.2) is 34.6 Å². The minimum absolute atomic E-state index is 0.0362. The predicted octanol–water partition coefficient (Wildman–Crippen LogP) is 1.23. The number of aliphatic hydroxyl groups is 1. The number of benzene rings is 2. The number of phenols is 4. The highest BCUT2D eigenvalue weighted by Crippen LogP contribution is 2.47. The highest BCUT2D eigenvalue weighted by atomic mass is 19.1. The topological polar surface area (TPSA) is 220 Å². The van der Waals surface area contributed by atoms with E-state index in [-0.39, 0.29) is 51.3 Å². The summed E-state index contributed by atoms with van der Waals surface area (Å²) in [6.07, 6.45) is -0.410. The van der Waals surface area contributed by atoms with Crippen LogP contribution in [0.4, 0.5) is 8.78 Å². The molecule has 16 heteroatoms. The van der Waals surface area contributed by atoms with E-state index in [1.165, 1.54) is 11.8 Å². The molecule has 14 nitrogen and oxygen atoms in total. The van der Waals surface area contributed by atoms with E-state index in [0.29, 0.717) is 5.57 Å². The Bertz CT molecular complexity index is 1540. The molecule has 0 saturated carbocycles. The van der Waals surface area contributed by atoms with Crippen molar-refractivity contribution in [3.8, 4) is 23.0 Å². The Hall–Kier alpha value is -4.96. The minimum atomic E-state index is -1.30. The molecule has 0 aromatic heterocycles. The fourth-order valence-electron chi connectivity index (χ4n) is 6.02. The molecule has 3 amide bonds. The number of halogens is 2. The molecule has 254 valence electrons. The lowest BCUT2D eigenvalue weighted by Crippen LogP contribution is -2.63. The first-order chi connectivity index (χ1) is 22.2. The number of aliphatic carboxylic acids is 1. The highest BCUT2D eigenvalue weighted by Gasteiger charge is 2.59. The Morgan fingerprint density at radius 1 is 0.894 bits per heavy atom. The van der Waals surface area contributed by atoms with Crippen molar-refractivity contribution >= 4 is 23.7 Å². The number of carboxylic acid groups (broad SMARTS) is 1. The molecular weight excluding hydrogens is 626 g/mol. The maximum Gasteiger partial charge on any atom is 0.352 e. The number of phenolic OH excluding ortho intramolecular Hbond substituents is 4. The molecule has 8 N–H and O–H groups in total. The van der Waals surface area contributed by atoms with Gasteiger partial charge in [0.2, 0.25) is 5.91 Å². The van der Waals surface area contributed by atoms with Crippen molar-refractivity contribution in [1.29, 1.82) is 0 Å². The van der Waals surface area contributed by atoms with Crippen LogP contribution in [-0.2, 0) is 9.59 Å². The molecule has 0 bridgehead atoms. The van der Waals surface area contributed by atoms with Crippen molar-refractivity contribution in [2.75, 3.05) is 32.7 Å². The number of nitrogens with zero attached hydrogens (tertiary/aromatic N) is 2. The number of amides is 3. The van der Waals surface area contributed by atoms with Crippen LogP contribution in [-0.4, -0.2) is 109 Å². The lowest BCUT2D eigenvalue weighted by atomic mass is 9.77. The molecule has 47 heavy (non-hydrogen) atoms. The van der Waals surface area contributed by atoms with Gasteiger partial charge in [-0.25, -0.2) is 13.6 Å². The fourth-order valence-corrected chi connectivity index (χ4v) is 6.02. The second kappa shape index (κ2) is 14.2. The van der Waals surface area contributed by atoms with E-state index in [1.54, 1.807) is 6.92 Å². The van der Waals surface area contributed by atoms with E-state index in [2.05, 4.69) is 10.6 Å². The second-order valence-corrected chi connectivity index (χ2v) is 11.5. The lowest BCUT2D eigenvalue weighted by molar-refractivity contribution is -0.163. The van der Waals surface area contributed by atoms with Crippen LogP contribution in [0.2, 0.25) is 0 Å². The van der Waals surface area contributed by atoms with Crippen LogP contribution in [0.3, 0.4) is 0 Å². The number of carboxylic acids is 1. The van der Waals surface area contributed by atoms with Gasteiger partial charge in [0.05, 0.1) is 29.2 Å². The second-order valence-electron chi connectivity index (χ2n) is 11.5. The van der Waals surface area contributed by atoms with Gasteiger partial charge in [0.25, 0.3) is 11.8 Å². The Kier molecular flexibility index (Phi) is 10.6. The summed E-state index contributed by atoms with van der Waals surface area (Å²) in [5.41, 5.74) is -0.676. The van der Waals surface area contributed by atoms with E-state index in [4.69, 9.17) is 0 Å². The molecular formula is C31H36F2N4O10. The van der Waals surface area contributed by atoms with Crippen LogP contribution in [0.1, 0.15) is 47.4 Å². The third kappa shape index (κ3) is 6.92. The molecule has 4 rings (SSSR count). The number of rotatable bonds is 14. The van der Waals surface area contributed by atoms with Crippen molar-refractivity contribution < 1.29 is 58.6 Å². The van der Waals surface area contributed by atoms with E-state index < -0.39 is 93.4 Å². The zero-order valence-electron chi connectivity index (χ0n) is 25.5. The number of aromatic hydroxyl groups is 4. The Labute approximate surface area is 267 Å². The number of hydrogen-bond acceptors (Lipinski definition) is 10. The minimum Gasteiger partial charge on any atom is -0.504 e. The molecule has 4 atom stereocenters. The van der Waals surface area contributed by atoms with E-state index in [1.807, 2.05) is 4.90 Å². The molecule has 2 aliphatic rings. The number of hydrogen-bond donors (Lipinski definition) is 8. The molecule has 2 unspecified atom stereocenters. The van der Waals surface area contributed by atoms with Crippen molar-refractivity contribution in [3.63, 3.8) is 0 Å². The Morgan fingerprint density at radius 2 is 1.36 bits per heavy atom. The molecule has 0 spiro atoms. The number of fused-ring (bicyclic) bond motifs is 1. The number of β-lactam (4-membered cyclic amide) rings is 1. The number of aliphatic hydroxyl groups excluding tert-OH is 1. The number of carbonyl (C=O) groups is 4. The molecule has 2 aromatic carbocycles. The zero-order chi connectivity index (χ0) is 34.7. The summed E-state index contributed by atoms with van der Waals surface area (Å²) in [4.78, 5) is 53.0.